The van der Waals surface area contributed by atoms with Gasteiger partial charge in [-0.15, -0.1) is 0 Å². The Bertz CT molecular complexity index is 217. The van der Waals surface area contributed by atoms with E-state index < -0.39 is 0 Å². The number of nitrogens with zero attached hydrogens (tertiary/aromatic N) is 5. The zero-order valence-corrected chi connectivity index (χ0v) is 13.7. The first-order valence-corrected chi connectivity index (χ1v) is 2.14. The normalized spacial score (nSPS) is 1.94. The van der Waals surface area contributed by atoms with Gasteiger partial charge in [-0.3, -0.25) is 0 Å². The minimum Gasteiger partial charge on any atom is -0.812 e. The average Bonchev–Trinajstić information content (AvgIpc) is 2.09. The van der Waals surface area contributed by atoms with Gasteiger partial charge < -0.3 is 25.5 Å². The summed E-state index contributed by atoms with van der Waals surface area (Å²) in [6.45, 7) is 0. The fourth-order valence-electron chi connectivity index (χ4n) is 0. The largest absolute Gasteiger partial charge is 2.00 e. The number of hydrogen-bond donors (Lipinski definition) is 0. The molecule has 0 fully saturated rings. The molecule has 0 radical (unpaired) electrons. The second kappa shape index (κ2) is 218. The summed E-state index contributed by atoms with van der Waals surface area (Å²) in [4.78, 5) is 0. The van der Waals surface area contributed by atoms with Gasteiger partial charge in [0, 0.05) is 31.3 Å². The first-order valence-electron chi connectivity index (χ1n) is 2.14. The quantitative estimate of drug-likeness (QED) is 0.290. The average molecular weight is 364 g/mol. The van der Waals surface area contributed by atoms with Gasteiger partial charge in [0.25, 0.3) is 0 Å². The van der Waals surface area contributed by atoms with E-state index in [0.717, 1.165) is 0 Å². The summed E-state index contributed by atoms with van der Waals surface area (Å²) in [5, 5.41) is 75.0. The Balaban J connectivity index is -0.0000000111. The molecule has 0 bridgehead atoms. The van der Waals surface area contributed by atoms with Crippen LogP contribution in [0.25, 0.3) is 0 Å². The summed E-state index contributed by atoms with van der Waals surface area (Å²) in [5.41, 5.74) is 0. The third-order valence-corrected chi connectivity index (χ3v) is 0. The molecule has 0 saturated carbocycles. The molecule has 0 atom stereocenters. The Hall–Kier alpha value is -0.901. The molecule has 0 heterocycles. The van der Waals surface area contributed by atoms with Crippen LogP contribution in [0.5, 0.6) is 0 Å². The predicted molar refractivity (Wildman–Crippen MR) is 28.1 cm³/mol. The van der Waals surface area contributed by atoms with E-state index in [4.69, 9.17) is 51.8 Å². The Kier molecular flexibility index (Phi) is 650. The topological polar surface area (TPSA) is 234 Å². The molecule has 0 aromatic rings. The van der Waals surface area contributed by atoms with Crippen LogP contribution in [0.4, 0.5) is 0 Å². The van der Waals surface area contributed by atoms with Crippen molar-refractivity contribution in [2.24, 2.45) is 0 Å². The Labute approximate surface area is 166 Å². The first-order chi connectivity index (χ1) is 7.07. The molecule has 0 aromatic carbocycles. The van der Waals surface area contributed by atoms with E-state index in [1.807, 2.05) is 0 Å². The van der Waals surface area contributed by atoms with Gasteiger partial charge in [0.05, 0.1) is 0 Å². The Morgan fingerprint density at radius 1 is 0.500 bits per heavy atom. The van der Waals surface area contributed by atoms with Gasteiger partial charge in [-0.1, -0.05) is 0 Å². The number of hydrogen-bond acceptors (Lipinski definition) is 10. The van der Waals surface area contributed by atoms with Crippen molar-refractivity contribution in [2.75, 3.05) is 0 Å². The minimum atomic E-state index is 0. The summed E-state index contributed by atoms with van der Waals surface area (Å²) in [7, 11) is 0. The van der Waals surface area contributed by atoms with Crippen LogP contribution in [-0.2, 0) is 33.6 Å². The molecule has 0 amide bonds. The second-order valence-electron chi connectivity index (χ2n) is 0.456. The van der Waals surface area contributed by atoms with E-state index in [-0.39, 0.29) is 84.9 Å². The SMILES string of the molecule is N#C[O-].N#C[O-].N#C[O-].N#C[O-].N#C[O-].[Fe+2].[K+].[Ni+2]. The minimum absolute atomic E-state index is 0. The molecular formula is C5FeKN5NiO5. The van der Waals surface area contributed by atoms with Crippen LogP contribution in [0.2, 0.25) is 0 Å². The molecule has 0 aromatic heterocycles. The molecule has 0 rings (SSSR count). The van der Waals surface area contributed by atoms with Gasteiger partial charge >= 0.3 is 84.9 Å². The monoisotopic (exact) mass is 363 g/mol. The molecule has 0 aliphatic heterocycles. The van der Waals surface area contributed by atoms with Crippen molar-refractivity contribution in [3.63, 3.8) is 0 Å². The van der Waals surface area contributed by atoms with Crippen molar-refractivity contribution in [1.29, 1.82) is 26.3 Å². The van der Waals surface area contributed by atoms with Gasteiger partial charge in [-0.05, 0) is 0 Å². The van der Waals surface area contributed by atoms with Crippen LogP contribution >= 0.6 is 0 Å². The first kappa shape index (κ1) is 53.5. The summed E-state index contributed by atoms with van der Waals surface area (Å²) in [6.07, 6.45) is 2.50. The molecule has 0 aliphatic carbocycles. The number of nitriles is 5. The molecule has 13 heteroatoms. The molecule has 0 saturated heterocycles. The van der Waals surface area contributed by atoms with Gasteiger partial charge in [0.15, 0.2) is 0 Å². The molecule has 94 valence electrons. The molecule has 0 N–H and O–H groups in total. The van der Waals surface area contributed by atoms with E-state index in [2.05, 4.69) is 0 Å². The zero-order valence-electron chi connectivity index (χ0n) is 8.45. The summed E-state index contributed by atoms with van der Waals surface area (Å²) in [6, 6.07) is 0. The van der Waals surface area contributed by atoms with Gasteiger partial charge in [-0.2, -0.15) is 0 Å². The van der Waals surface area contributed by atoms with E-state index in [0.29, 0.717) is 31.3 Å². The van der Waals surface area contributed by atoms with Crippen LogP contribution < -0.4 is 76.9 Å². The summed E-state index contributed by atoms with van der Waals surface area (Å²) >= 11 is 0. The summed E-state index contributed by atoms with van der Waals surface area (Å²) < 4.78 is 0. The van der Waals surface area contributed by atoms with Crippen molar-refractivity contribution in [3.05, 3.63) is 0 Å². The van der Waals surface area contributed by atoms with Crippen LogP contribution in [0.15, 0.2) is 0 Å². The van der Waals surface area contributed by atoms with Gasteiger partial charge in [0.1, 0.15) is 0 Å². The fourth-order valence-corrected chi connectivity index (χ4v) is 0. The van der Waals surface area contributed by atoms with Gasteiger partial charge in [-0.25, -0.2) is 26.3 Å². The molecular weight excluding hydrogens is 364 g/mol. The Morgan fingerprint density at radius 3 is 0.500 bits per heavy atom. The van der Waals surface area contributed by atoms with Gasteiger partial charge in [0.2, 0.25) is 0 Å². The van der Waals surface area contributed by atoms with Crippen LogP contribution in [-0.4, -0.2) is 0 Å². The van der Waals surface area contributed by atoms with E-state index in [1.54, 1.807) is 0 Å². The molecule has 10 nitrogen and oxygen atoms in total. The van der Waals surface area contributed by atoms with Crippen molar-refractivity contribution >= 4 is 0 Å². The maximum absolute atomic E-state index is 8.24. The Morgan fingerprint density at radius 2 is 0.500 bits per heavy atom. The van der Waals surface area contributed by atoms with Crippen molar-refractivity contribution in [2.45, 2.75) is 0 Å². The maximum atomic E-state index is 8.24. The zero-order chi connectivity index (χ0) is 13.5. The predicted octanol–water partition coefficient (Wildman–Crippen LogP) is -8.86. The third kappa shape index (κ3) is 3700. The molecule has 0 aliphatic rings. The van der Waals surface area contributed by atoms with Crippen LogP contribution in [0, 0.1) is 57.6 Å². The fraction of sp³-hybridized carbons (Fsp3) is 0. The number of rotatable bonds is 0. The smallest absolute Gasteiger partial charge is 0.812 e. The summed E-state index contributed by atoms with van der Waals surface area (Å²) in [5.74, 6) is 0. The van der Waals surface area contributed by atoms with Crippen LogP contribution in [0.3, 0.4) is 0 Å². The van der Waals surface area contributed by atoms with E-state index >= 15 is 0 Å². The maximum Gasteiger partial charge on any atom is 2.00 e. The second-order valence-corrected chi connectivity index (χ2v) is 0.456. The molecule has 18 heavy (non-hydrogen) atoms. The van der Waals surface area contributed by atoms with Crippen molar-refractivity contribution in [1.82, 2.24) is 0 Å². The molecule has 0 spiro atoms. The van der Waals surface area contributed by atoms with E-state index in [9.17, 15) is 0 Å². The van der Waals surface area contributed by atoms with E-state index in [1.165, 1.54) is 0 Å². The molecule has 0 unspecified atom stereocenters. The van der Waals surface area contributed by atoms with Crippen molar-refractivity contribution in [3.8, 4) is 31.3 Å². The standard InChI is InChI=1S/5CHNO.Fe.K.Ni/c5*2-1-3;;;/h5*3H;;;/q;;;;;+2;+1;+2/p-5. The van der Waals surface area contributed by atoms with Crippen molar-refractivity contribution < 1.29 is 110 Å². The third-order valence-electron chi connectivity index (χ3n) is 0. The van der Waals surface area contributed by atoms with Crippen LogP contribution in [0.1, 0.15) is 0 Å².